The maximum absolute atomic E-state index is 14.9. The predicted molar refractivity (Wildman–Crippen MR) is 162 cm³/mol. The molecule has 6 heterocycles. The number of pyridine rings is 3. The van der Waals surface area contributed by atoms with E-state index in [1.165, 1.54) is 23.0 Å². The van der Waals surface area contributed by atoms with E-state index in [0.29, 0.717) is 40.4 Å². The third kappa shape index (κ3) is 3.89. The third-order valence-electron chi connectivity index (χ3n) is 8.67. The van der Waals surface area contributed by atoms with Crippen molar-refractivity contribution in [2.75, 3.05) is 55.9 Å². The molecule has 0 amide bonds. The first-order chi connectivity index (χ1) is 20.3. The van der Waals surface area contributed by atoms with Crippen LogP contribution in [0.1, 0.15) is 23.7 Å². The fourth-order valence-electron chi connectivity index (χ4n) is 6.87. The molecule has 216 valence electrons. The third-order valence-corrected chi connectivity index (χ3v) is 8.67. The minimum absolute atomic E-state index is 0.182. The second kappa shape index (κ2) is 9.69. The molecular formula is C30H31FN8O3. The molecule has 0 saturated carbocycles. The van der Waals surface area contributed by atoms with E-state index in [2.05, 4.69) is 37.6 Å². The van der Waals surface area contributed by atoms with Crippen LogP contribution in [-0.4, -0.2) is 81.9 Å². The summed E-state index contributed by atoms with van der Waals surface area (Å²) in [5.74, 6) is -1.17. The highest BCUT2D eigenvalue weighted by Gasteiger charge is 2.41. The first kappa shape index (κ1) is 26.2. The van der Waals surface area contributed by atoms with E-state index < -0.39 is 11.4 Å². The number of carbonyl (C=O) groups is 1. The zero-order chi connectivity index (χ0) is 29.3. The maximum atomic E-state index is 14.9. The zero-order valence-corrected chi connectivity index (χ0v) is 23.5. The quantitative estimate of drug-likeness (QED) is 0.241. The van der Waals surface area contributed by atoms with Gasteiger partial charge in [0.05, 0.1) is 27.7 Å². The number of likely N-dealkylation sites (tertiary alicyclic amines) is 1. The van der Waals surface area contributed by atoms with Crippen molar-refractivity contribution >= 4 is 50.3 Å². The minimum Gasteiger partial charge on any atom is -0.477 e. The summed E-state index contributed by atoms with van der Waals surface area (Å²) in [5, 5.41) is 14.5. The van der Waals surface area contributed by atoms with Gasteiger partial charge >= 0.3 is 5.97 Å². The molecule has 2 aliphatic rings. The molecule has 2 atom stereocenters. The largest absolute Gasteiger partial charge is 0.477 e. The van der Waals surface area contributed by atoms with E-state index >= 15 is 0 Å². The van der Waals surface area contributed by atoms with Gasteiger partial charge in [-0.2, -0.15) is 0 Å². The molecule has 7 rings (SSSR count). The van der Waals surface area contributed by atoms with Gasteiger partial charge in [0, 0.05) is 74.4 Å². The highest BCUT2D eigenvalue weighted by atomic mass is 19.1. The van der Waals surface area contributed by atoms with Gasteiger partial charge in [0.25, 0.3) is 0 Å². The fourth-order valence-corrected chi connectivity index (χ4v) is 6.87. The lowest BCUT2D eigenvalue weighted by atomic mass is 10.00. The number of benzene rings is 1. The van der Waals surface area contributed by atoms with E-state index in [-0.39, 0.29) is 22.8 Å². The Bertz CT molecular complexity index is 1970. The summed E-state index contributed by atoms with van der Waals surface area (Å²) in [5.41, 5.74) is 6.74. The standard InChI is InChI=1S/C30H31FN8O3/c1-4-35-39-13-21(30(41)42)27(40)19-7-16(10-34-29(19)39)20-11-33-28-24(18-8-17(31)9-22(32-2)25(18)36-28)26(20)38-6-5-15-12-37(3)14-23(15)38/h7-11,13,15,23,32,35H,4-6,12,14H2,1-3H3,(H,33,36)(H,41,42). The van der Waals surface area contributed by atoms with Crippen LogP contribution in [0.3, 0.4) is 0 Å². The Hall–Kier alpha value is -4.71. The van der Waals surface area contributed by atoms with Gasteiger partial charge in [0.1, 0.15) is 17.0 Å². The van der Waals surface area contributed by atoms with Crippen molar-refractivity contribution in [2.24, 2.45) is 5.92 Å². The molecule has 5 aromatic rings. The van der Waals surface area contributed by atoms with Gasteiger partial charge in [-0.1, -0.05) is 0 Å². The van der Waals surface area contributed by atoms with E-state index in [1.807, 2.05) is 6.92 Å². The van der Waals surface area contributed by atoms with Crippen molar-refractivity contribution in [3.8, 4) is 11.1 Å². The lowest BCUT2D eigenvalue weighted by molar-refractivity contribution is 0.0695. The van der Waals surface area contributed by atoms with E-state index in [4.69, 9.17) is 4.98 Å². The Morgan fingerprint density at radius 2 is 2.02 bits per heavy atom. The van der Waals surface area contributed by atoms with Gasteiger partial charge in [0.2, 0.25) is 5.43 Å². The molecular weight excluding hydrogens is 539 g/mol. The number of aromatic amines is 1. The Kier molecular flexibility index (Phi) is 6.05. The number of H-pyrrole nitrogens is 1. The van der Waals surface area contributed by atoms with Crippen LogP contribution < -0.4 is 21.1 Å². The molecule has 4 aromatic heterocycles. The van der Waals surface area contributed by atoms with Crippen LogP contribution in [0.25, 0.3) is 44.1 Å². The predicted octanol–water partition coefficient (Wildman–Crippen LogP) is 3.68. The molecule has 0 aliphatic carbocycles. The van der Waals surface area contributed by atoms with Crippen molar-refractivity contribution in [1.82, 2.24) is 24.5 Å². The topological polar surface area (TPSA) is 131 Å². The lowest BCUT2D eigenvalue weighted by Crippen LogP contribution is -2.35. The molecule has 12 heteroatoms. The monoisotopic (exact) mass is 570 g/mol. The van der Waals surface area contributed by atoms with Crippen LogP contribution >= 0.6 is 0 Å². The molecule has 0 radical (unpaired) electrons. The van der Waals surface area contributed by atoms with Crippen LogP contribution in [0.2, 0.25) is 0 Å². The molecule has 2 saturated heterocycles. The van der Waals surface area contributed by atoms with Gasteiger partial charge in [0.15, 0.2) is 5.65 Å². The molecule has 11 nitrogen and oxygen atoms in total. The second-order valence-corrected chi connectivity index (χ2v) is 11.2. The summed E-state index contributed by atoms with van der Waals surface area (Å²) in [7, 11) is 3.88. The average Bonchev–Trinajstić information content (AvgIpc) is 3.65. The van der Waals surface area contributed by atoms with E-state index in [9.17, 15) is 19.1 Å². The molecule has 2 aliphatic heterocycles. The van der Waals surface area contributed by atoms with Gasteiger partial charge in [-0.05, 0) is 44.5 Å². The number of aromatic nitrogens is 4. The number of rotatable bonds is 6. The van der Waals surface area contributed by atoms with Gasteiger partial charge in [-0.25, -0.2) is 23.8 Å². The van der Waals surface area contributed by atoms with Crippen molar-refractivity contribution in [1.29, 1.82) is 0 Å². The zero-order valence-electron chi connectivity index (χ0n) is 23.5. The molecule has 42 heavy (non-hydrogen) atoms. The van der Waals surface area contributed by atoms with Gasteiger partial charge < -0.3 is 30.6 Å². The van der Waals surface area contributed by atoms with Gasteiger partial charge in [-0.3, -0.25) is 4.79 Å². The summed E-state index contributed by atoms with van der Waals surface area (Å²) in [4.78, 5) is 42.8. The molecule has 2 unspecified atom stereocenters. The second-order valence-electron chi connectivity index (χ2n) is 11.2. The summed E-state index contributed by atoms with van der Waals surface area (Å²) < 4.78 is 16.4. The number of hydrogen-bond donors (Lipinski definition) is 4. The minimum atomic E-state index is -1.31. The van der Waals surface area contributed by atoms with Crippen LogP contribution in [0.4, 0.5) is 15.8 Å². The van der Waals surface area contributed by atoms with Crippen LogP contribution in [0.5, 0.6) is 0 Å². The molecule has 0 spiro atoms. The fraction of sp³-hybridized carbons (Fsp3) is 0.333. The highest BCUT2D eigenvalue weighted by molar-refractivity contribution is 6.18. The van der Waals surface area contributed by atoms with E-state index in [0.717, 1.165) is 48.2 Å². The van der Waals surface area contributed by atoms with E-state index in [1.54, 1.807) is 25.5 Å². The molecule has 0 bridgehead atoms. The SMILES string of the molecule is CCNn1cc(C(=O)O)c(=O)c2cc(-c3cnc4[nH]c5c(NC)cc(F)cc5c4c3N3CCC4CN(C)CC43)cnc21. The average molecular weight is 571 g/mol. The van der Waals surface area contributed by atoms with Crippen LogP contribution in [-0.2, 0) is 0 Å². The van der Waals surface area contributed by atoms with Crippen LogP contribution in [0, 0.1) is 11.7 Å². The molecule has 1 aromatic carbocycles. The van der Waals surface area contributed by atoms with Crippen molar-refractivity contribution in [3.63, 3.8) is 0 Å². The molecule has 2 fully saturated rings. The number of nitrogens with zero attached hydrogens (tertiary/aromatic N) is 5. The number of nitrogens with one attached hydrogen (secondary N) is 3. The Labute approximate surface area is 239 Å². The number of anilines is 2. The number of likely N-dealkylation sites (N-methyl/N-ethyl adjacent to an activating group) is 1. The number of halogens is 1. The highest BCUT2D eigenvalue weighted by Crippen LogP contribution is 2.46. The number of hydrogen-bond acceptors (Lipinski definition) is 8. The summed E-state index contributed by atoms with van der Waals surface area (Å²) in [6.07, 6.45) is 5.75. The maximum Gasteiger partial charge on any atom is 0.341 e. The number of aromatic carboxylic acids is 1. The van der Waals surface area contributed by atoms with Crippen molar-refractivity contribution in [2.45, 2.75) is 19.4 Å². The smallest absolute Gasteiger partial charge is 0.341 e. The summed E-state index contributed by atoms with van der Waals surface area (Å²) in [6.45, 7) is 5.12. The first-order valence-corrected chi connectivity index (χ1v) is 14.1. The lowest BCUT2D eigenvalue weighted by Gasteiger charge is -2.29. The van der Waals surface area contributed by atoms with Crippen molar-refractivity contribution < 1.29 is 14.3 Å². The number of carboxylic acid groups (broad SMARTS) is 1. The first-order valence-electron chi connectivity index (χ1n) is 14.1. The normalized spacial score (nSPS) is 18.8. The summed E-state index contributed by atoms with van der Waals surface area (Å²) in [6, 6.07) is 4.95. The van der Waals surface area contributed by atoms with Crippen molar-refractivity contribution in [3.05, 3.63) is 58.4 Å². The molecule has 4 N–H and O–H groups in total. The number of fused-ring (bicyclic) bond motifs is 5. The Morgan fingerprint density at radius 3 is 2.79 bits per heavy atom. The summed E-state index contributed by atoms with van der Waals surface area (Å²) >= 11 is 0. The number of carboxylic acids is 1. The Balaban J connectivity index is 1.54. The van der Waals surface area contributed by atoms with Crippen LogP contribution in [0.15, 0.2) is 41.6 Å². The van der Waals surface area contributed by atoms with Gasteiger partial charge in [-0.15, -0.1) is 0 Å². The Morgan fingerprint density at radius 1 is 1.19 bits per heavy atom.